The summed E-state index contributed by atoms with van der Waals surface area (Å²) in [7, 11) is 1.96. The zero-order valence-electron chi connectivity index (χ0n) is 10.4. The fraction of sp³-hybridized carbons (Fsp3) is 0.538. The number of ether oxygens (including phenoxy) is 1. The van der Waals surface area contributed by atoms with E-state index in [1.807, 2.05) is 33.0 Å². The molecule has 0 aliphatic carbocycles. The van der Waals surface area contributed by atoms with Gasteiger partial charge in [0, 0.05) is 12.1 Å². The van der Waals surface area contributed by atoms with E-state index < -0.39 is 0 Å². The molecule has 1 aromatic rings. The molecule has 0 aromatic heterocycles. The third-order valence-corrected chi connectivity index (χ3v) is 2.55. The van der Waals surface area contributed by atoms with Gasteiger partial charge in [0.2, 0.25) is 0 Å². The van der Waals surface area contributed by atoms with Gasteiger partial charge in [-0.15, -0.1) is 0 Å². The van der Waals surface area contributed by atoms with Crippen molar-refractivity contribution in [1.82, 2.24) is 5.32 Å². The molecule has 90 valence electrons. The summed E-state index contributed by atoms with van der Waals surface area (Å²) in [6.45, 7) is 4.72. The highest BCUT2D eigenvalue weighted by molar-refractivity contribution is 5.29. The van der Waals surface area contributed by atoms with Gasteiger partial charge in [-0.3, -0.25) is 0 Å². The molecule has 0 saturated heterocycles. The fourth-order valence-electron chi connectivity index (χ4n) is 1.76. The zero-order valence-corrected chi connectivity index (χ0v) is 10.4. The van der Waals surface area contributed by atoms with Crippen molar-refractivity contribution in [2.75, 3.05) is 13.7 Å². The molecule has 2 atom stereocenters. The number of hydrogen-bond donors (Lipinski definition) is 2. The molecule has 0 aliphatic heterocycles. The maximum atomic E-state index is 5.82. The summed E-state index contributed by atoms with van der Waals surface area (Å²) >= 11 is 0. The zero-order chi connectivity index (χ0) is 12.0. The molecule has 0 aliphatic rings. The van der Waals surface area contributed by atoms with Crippen LogP contribution in [-0.2, 0) is 0 Å². The van der Waals surface area contributed by atoms with E-state index in [0.29, 0.717) is 12.6 Å². The van der Waals surface area contributed by atoms with Gasteiger partial charge in [-0.1, -0.05) is 12.1 Å². The molecule has 1 aromatic carbocycles. The van der Waals surface area contributed by atoms with Crippen LogP contribution < -0.4 is 15.8 Å². The Morgan fingerprint density at radius 2 is 1.94 bits per heavy atom. The van der Waals surface area contributed by atoms with E-state index in [1.165, 1.54) is 5.56 Å². The van der Waals surface area contributed by atoms with E-state index in [0.717, 1.165) is 12.2 Å². The first-order chi connectivity index (χ1) is 7.67. The maximum Gasteiger partial charge on any atom is 0.119 e. The minimum atomic E-state index is 0.198. The first-order valence-corrected chi connectivity index (χ1v) is 5.83. The van der Waals surface area contributed by atoms with Crippen LogP contribution in [0.4, 0.5) is 0 Å². The molecule has 0 heterocycles. The Kier molecular flexibility index (Phi) is 5.29. The molecule has 3 heteroatoms. The molecule has 0 radical (unpaired) electrons. The summed E-state index contributed by atoms with van der Waals surface area (Å²) in [5.74, 6) is 0.918. The number of hydrogen-bond acceptors (Lipinski definition) is 3. The van der Waals surface area contributed by atoms with Crippen LogP contribution in [0.2, 0.25) is 0 Å². The van der Waals surface area contributed by atoms with Gasteiger partial charge in [-0.05, 0) is 45.0 Å². The monoisotopic (exact) mass is 222 g/mol. The molecular weight excluding hydrogens is 200 g/mol. The third kappa shape index (κ3) is 3.83. The van der Waals surface area contributed by atoms with Crippen molar-refractivity contribution in [1.29, 1.82) is 0 Å². The summed E-state index contributed by atoms with van der Waals surface area (Å²) in [6.07, 6.45) is 0.935. The van der Waals surface area contributed by atoms with Crippen molar-refractivity contribution in [2.24, 2.45) is 5.73 Å². The van der Waals surface area contributed by atoms with Gasteiger partial charge in [0.25, 0.3) is 0 Å². The Bertz CT molecular complexity index is 295. The second-order valence-electron chi connectivity index (χ2n) is 4.06. The first kappa shape index (κ1) is 13.0. The average Bonchev–Trinajstić information content (AvgIpc) is 2.27. The lowest BCUT2D eigenvalue weighted by atomic mass is 10.0. The summed E-state index contributed by atoms with van der Waals surface area (Å²) in [5.41, 5.74) is 7.07. The second kappa shape index (κ2) is 6.51. The van der Waals surface area contributed by atoms with E-state index in [9.17, 15) is 0 Å². The lowest BCUT2D eigenvalue weighted by Gasteiger charge is -2.19. The Labute approximate surface area is 98.0 Å². The number of nitrogens with two attached hydrogens (primary N) is 1. The quantitative estimate of drug-likeness (QED) is 0.774. The lowest BCUT2D eigenvalue weighted by Crippen LogP contribution is -2.25. The topological polar surface area (TPSA) is 47.3 Å². The van der Waals surface area contributed by atoms with E-state index in [-0.39, 0.29) is 6.04 Å². The number of benzene rings is 1. The SMILES string of the molecule is CCOc1ccc(C(CC(C)N)NC)cc1. The minimum Gasteiger partial charge on any atom is -0.494 e. The highest BCUT2D eigenvalue weighted by Gasteiger charge is 2.10. The van der Waals surface area contributed by atoms with Gasteiger partial charge in [0.1, 0.15) is 5.75 Å². The Morgan fingerprint density at radius 1 is 1.31 bits per heavy atom. The number of nitrogens with one attached hydrogen (secondary N) is 1. The molecule has 2 unspecified atom stereocenters. The van der Waals surface area contributed by atoms with E-state index in [1.54, 1.807) is 0 Å². The van der Waals surface area contributed by atoms with Gasteiger partial charge < -0.3 is 15.8 Å². The normalized spacial score (nSPS) is 14.5. The van der Waals surface area contributed by atoms with Crippen LogP contribution in [0.15, 0.2) is 24.3 Å². The van der Waals surface area contributed by atoms with Crippen molar-refractivity contribution >= 4 is 0 Å². The maximum absolute atomic E-state index is 5.82. The molecule has 1 rings (SSSR count). The fourth-order valence-corrected chi connectivity index (χ4v) is 1.76. The molecule has 3 N–H and O–H groups in total. The van der Waals surface area contributed by atoms with Crippen LogP contribution >= 0.6 is 0 Å². The molecule has 0 amide bonds. The minimum absolute atomic E-state index is 0.198. The Morgan fingerprint density at radius 3 is 2.38 bits per heavy atom. The summed E-state index contributed by atoms with van der Waals surface area (Å²) in [5, 5.41) is 3.28. The van der Waals surface area contributed by atoms with Crippen LogP contribution in [0.5, 0.6) is 5.75 Å². The van der Waals surface area contributed by atoms with Crippen LogP contribution in [-0.4, -0.2) is 19.7 Å². The molecule has 0 bridgehead atoms. The highest BCUT2D eigenvalue weighted by Crippen LogP contribution is 2.20. The van der Waals surface area contributed by atoms with Crippen molar-refractivity contribution in [3.8, 4) is 5.75 Å². The largest absolute Gasteiger partial charge is 0.494 e. The third-order valence-electron chi connectivity index (χ3n) is 2.55. The number of rotatable bonds is 6. The van der Waals surface area contributed by atoms with Crippen LogP contribution in [0, 0.1) is 0 Å². The predicted molar refractivity (Wildman–Crippen MR) is 67.7 cm³/mol. The predicted octanol–water partition coefficient (Wildman–Crippen LogP) is 2.08. The summed E-state index contributed by atoms with van der Waals surface area (Å²) < 4.78 is 5.41. The molecular formula is C13H22N2O. The van der Waals surface area contributed by atoms with Crippen LogP contribution in [0.1, 0.15) is 31.9 Å². The summed E-state index contributed by atoms with van der Waals surface area (Å²) in [6, 6.07) is 8.71. The van der Waals surface area contributed by atoms with Gasteiger partial charge in [-0.25, -0.2) is 0 Å². The Hall–Kier alpha value is -1.06. The van der Waals surface area contributed by atoms with Gasteiger partial charge in [-0.2, -0.15) is 0 Å². The Balaban J connectivity index is 2.70. The van der Waals surface area contributed by atoms with Crippen molar-refractivity contribution in [2.45, 2.75) is 32.4 Å². The van der Waals surface area contributed by atoms with E-state index in [2.05, 4.69) is 17.4 Å². The van der Waals surface area contributed by atoms with Crippen LogP contribution in [0.25, 0.3) is 0 Å². The molecule has 0 fully saturated rings. The van der Waals surface area contributed by atoms with Gasteiger partial charge in [0.15, 0.2) is 0 Å². The highest BCUT2D eigenvalue weighted by atomic mass is 16.5. The average molecular weight is 222 g/mol. The van der Waals surface area contributed by atoms with E-state index in [4.69, 9.17) is 10.5 Å². The summed E-state index contributed by atoms with van der Waals surface area (Å²) in [4.78, 5) is 0. The smallest absolute Gasteiger partial charge is 0.119 e. The van der Waals surface area contributed by atoms with Crippen molar-refractivity contribution in [3.63, 3.8) is 0 Å². The molecule has 16 heavy (non-hydrogen) atoms. The lowest BCUT2D eigenvalue weighted by molar-refractivity contribution is 0.340. The molecule has 0 spiro atoms. The van der Waals surface area contributed by atoms with Crippen molar-refractivity contribution < 1.29 is 4.74 Å². The molecule has 0 saturated carbocycles. The van der Waals surface area contributed by atoms with Crippen molar-refractivity contribution in [3.05, 3.63) is 29.8 Å². The van der Waals surface area contributed by atoms with E-state index >= 15 is 0 Å². The molecule has 3 nitrogen and oxygen atoms in total. The van der Waals surface area contributed by atoms with Crippen LogP contribution in [0.3, 0.4) is 0 Å². The first-order valence-electron chi connectivity index (χ1n) is 5.83. The second-order valence-corrected chi connectivity index (χ2v) is 4.06. The standard InChI is InChI=1S/C13H22N2O/c1-4-16-12-7-5-11(6-8-12)13(15-3)9-10(2)14/h5-8,10,13,15H,4,9,14H2,1-3H3. The van der Waals surface area contributed by atoms with Gasteiger partial charge in [0.05, 0.1) is 6.61 Å². The van der Waals surface area contributed by atoms with Gasteiger partial charge >= 0.3 is 0 Å².